The molecule has 4 heteroatoms. The number of thiazole rings is 1. The molecule has 2 rings (SSSR count). The fourth-order valence-electron chi connectivity index (χ4n) is 1.48. The van der Waals surface area contributed by atoms with Crippen molar-refractivity contribution in [2.75, 3.05) is 0 Å². The second kappa shape index (κ2) is 4.99. The van der Waals surface area contributed by atoms with E-state index in [9.17, 15) is 4.79 Å². The van der Waals surface area contributed by atoms with Gasteiger partial charge in [0.05, 0.1) is 5.92 Å². The molecule has 82 valence electrons. The number of hydrogen-bond acceptors (Lipinski definition) is 4. The minimum absolute atomic E-state index is 0.173. The van der Waals surface area contributed by atoms with Gasteiger partial charge in [-0.2, -0.15) is 0 Å². The summed E-state index contributed by atoms with van der Waals surface area (Å²) < 4.78 is 0. The van der Waals surface area contributed by atoms with Crippen LogP contribution in [-0.4, -0.2) is 16.3 Å². The Kier molecular flexibility index (Phi) is 3.41. The summed E-state index contributed by atoms with van der Waals surface area (Å²) in [5.74, 6) is -0.173. The Bertz CT molecular complexity index is 467. The molecule has 0 saturated carbocycles. The van der Waals surface area contributed by atoms with Crippen LogP contribution in [0, 0.1) is 6.92 Å². The van der Waals surface area contributed by atoms with E-state index >= 15 is 0 Å². The first kappa shape index (κ1) is 11.0. The van der Waals surface area contributed by atoms with Crippen molar-refractivity contribution >= 4 is 17.6 Å². The van der Waals surface area contributed by atoms with Gasteiger partial charge in [0, 0.05) is 29.4 Å². The fraction of sp³-hybridized carbons (Fsp3) is 0.250. The Morgan fingerprint density at radius 1 is 1.50 bits per heavy atom. The summed E-state index contributed by atoms with van der Waals surface area (Å²) >= 11 is 1.53. The third-order valence-corrected chi connectivity index (χ3v) is 3.37. The van der Waals surface area contributed by atoms with Crippen LogP contribution in [0.1, 0.15) is 22.3 Å². The molecule has 0 spiro atoms. The van der Waals surface area contributed by atoms with Crippen molar-refractivity contribution in [2.45, 2.75) is 19.3 Å². The molecule has 0 fully saturated rings. The summed E-state index contributed by atoms with van der Waals surface area (Å²) in [6.45, 7) is 1.93. The van der Waals surface area contributed by atoms with Crippen molar-refractivity contribution in [3.63, 3.8) is 0 Å². The van der Waals surface area contributed by atoms with E-state index in [2.05, 4.69) is 9.97 Å². The number of carbonyl (C=O) groups excluding carboxylic acids is 1. The highest BCUT2D eigenvalue weighted by molar-refractivity contribution is 7.09. The highest BCUT2D eigenvalue weighted by Gasteiger charge is 2.15. The zero-order chi connectivity index (χ0) is 11.4. The van der Waals surface area contributed by atoms with E-state index in [1.165, 1.54) is 11.3 Å². The van der Waals surface area contributed by atoms with Crippen molar-refractivity contribution in [3.05, 3.63) is 46.2 Å². The smallest absolute Gasteiger partial charge is 0.130 e. The Balaban J connectivity index is 2.15. The van der Waals surface area contributed by atoms with E-state index in [1.807, 2.05) is 30.5 Å². The normalized spacial score (nSPS) is 12.3. The Morgan fingerprint density at radius 2 is 2.38 bits per heavy atom. The lowest BCUT2D eigenvalue weighted by Crippen LogP contribution is -2.05. The molecule has 0 aliphatic heterocycles. The summed E-state index contributed by atoms with van der Waals surface area (Å²) in [6.07, 6.45) is 3.31. The molecule has 0 aliphatic rings. The summed E-state index contributed by atoms with van der Waals surface area (Å²) in [7, 11) is 0. The Hall–Kier alpha value is -1.55. The average molecular weight is 232 g/mol. The minimum Gasteiger partial charge on any atom is -0.303 e. The molecule has 0 radical (unpaired) electrons. The van der Waals surface area contributed by atoms with Crippen molar-refractivity contribution in [3.8, 4) is 0 Å². The van der Waals surface area contributed by atoms with Gasteiger partial charge in [-0.15, -0.1) is 11.3 Å². The lowest BCUT2D eigenvalue weighted by Gasteiger charge is -2.05. The molecule has 0 saturated heterocycles. The van der Waals surface area contributed by atoms with Crippen LogP contribution >= 0.6 is 11.3 Å². The molecule has 0 aliphatic carbocycles. The van der Waals surface area contributed by atoms with E-state index in [4.69, 9.17) is 0 Å². The summed E-state index contributed by atoms with van der Waals surface area (Å²) in [5.41, 5.74) is 1.89. The maximum atomic E-state index is 11.1. The number of aromatic nitrogens is 2. The molecule has 1 atom stereocenters. The molecule has 0 aromatic carbocycles. The second-order valence-electron chi connectivity index (χ2n) is 3.59. The largest absolute Gasteiger partial charge is 0.303 e. The molecule has 2 heterocycles. The van der Waals surface area contributed by atoms with Gasteiger partial charge in [-0.25, -0.2) is 4.98 Å². The predicted molar refractivity (Wildman–Crippen MR) is 63.6 cm³/mol. The third-order valence-electron chi connectivity index (χ3n) is 2.27. The SMILES string of the molecule is Cc1csc(C(C=O)Cc2ccccn2)n1. The molecule has 0 bridgehead atoms. The number of aldehydes is 1. The molecule has 2 aromatic rings. The molecule has 0 amide bonds. The number of carbonyl (C=O) groups is 1. The van der Waals surface area contributed by atoms with Gasteiger partial charge in [0.2, 0.25) is 0 Å². The standard InChI is InChI=1S/C12H12N2OS/c1-9-8-16-12(14-9)10(7-15)6-11-4-2-3-5-13-11/h2-5,7-8,10H,6H2,1H3. The van der Waals surface area contributed by atoms with Gasteiger partial charge in [-0.1, -0.05) is 6.07 Å². The highest BCUT2D eigenvalue weighted by atomic mass is 32.1. The lowest BCUT2D eigenvalue weighted by molar-refractivity contribution is -0.109. The Morgan fingerprint density at radius 3 is 2.94 bits per heavy atom. The molecule has 16 heavy (non-hydrogen) atoms. The van der Waals surface area contributed by atoms with Gasteiger partial charge < -0.3 is 4.79 Å². The van der Waals surface area contributed by atoms with Gasteiger partial charge in [-0.3, -0.25) is 4.98 Å². The van der Waals surface area contributed by atoms with E-state index < -0.39 is 0 Å². The summed E-state index contributed by atoms with van der Waals surface area (Å²) in [5, 5.41) is 2.84. The van der Waals surface area contributed by atoms with Gasteiger partial charge in [0.1, 0.15) is 11.3 Å². The van der Waals surface area contributed by atoms with Gasteiger partial charge in [-0.05, 0) is 19.1 Å². The van der Waals surface area contributed by atoms with Crippen LogP contribution in [0.5, 0.6) is 0 Å². The predicted octanol–water partition coefficient (Wildman–Crippen LogP) is 2.37. The van der Waals surface area contributed by atoms with Crippen molar-refractivity contribution < 1.29 is 4.79 Å². The van der Waals surface area contributed by atoms with Crippen LogP contribution in [0.4, 0.5) is 0 Å². The highest BCUT2D eigenvalue weighted by Crippen LogP contribution is 2.21. The fourth-order valence-corrected chi connectivity index (χ4v) is 2.33. The first-order valence-corrected chi connectivity index (χ1v) is 5.95. The molecule has 2 aromatic heterocycles. The molecule has 1 unspecified atom stereocenters. The zero-order valence-electron chi connectivity index (χ0n) is 8.96. The van der Waals surface area contributed by atoms with Crippen molar-refractivity contribution in [2.24, 2.45) is 0 Å². The number of nitrogens with zero attached hydrogens (tertiary/aromatic N) is 2. The van der Waals surface area contributed by atoms with Crippen LogP contribution in [0.2, 0.25) is 0 Å². The number of pyridine rings is 1. The lowest BCUT2D eigenvalue weighted by atomic mass is 10.1. The van der Waals surface area contributed by atoms with Crippen LogP contribution in [0.25, 0.3) is 0 Å². The average Bonchev–Trinajstić information content (AvgIpc) is 2.74. The molecular weight excluding hydrogens is 220 g/mol. The topological polar surface area (TPSA) is 42.9 Å². The first-order valence-electron chi connectivity index (χ1n) is 5.07. The number of rotatable bonds is 4. The monoisotopic (exact) mass is 232 g/mol. The van der Waals surface area contributed by atoms with E-state index in [-0.39, 0.29) is 5.92 Å². The maximum Gasteiger partial charge on any atom is 0.130 e. The molecule has 3 nitrogen and oxygen atoms in total. The van der Waals surface area contributed by atoms with E-state index in [0.29, 0.717) is 6.42 Å². The molecular formula is C12H12N2OS. The molecule has 0 N–H and O–H groups in total. The van der Waals surface area contributed by atoms with Crippen LogP contribution in [0.15, 0.2) is 29.8 Å². The van der Waals surface area contributed by atoms with E-state index in [0.717, 1.165) is 22.7 Å². The van der Waals surface area contributed by atoms with Crippen LogP contribution < -0.4 is 0 Å². The van der Waals surface area contributed by atoms with Gasteiger partial charge >= 0.3 is 0 Å². The number of hydrogen-bond donors (Lipinski definition) is 0. The van der Waals surface area contributed by atoms with Crippen molar-refractivity contribution in [1.82, 2.24) is 9.97 Å². The van der Waals surface area contributed by atoms with Crippen molar-refractivity contribution in [1.29, 1.82) is 0 Å². The minimum atomic E-state index is -0.173. The van der Waals surface area contributed by atoms with Gasteiger partial charge in [0.15, 0.2) is 0 Å². The van der Waals surface area contributed by atoms with E-state index in [1.54, 1.807) is 6.20 Å². The number of aryl methyl sites for hydroxylation is 1. The zero-order valence-corrected chi connectivity index (χ0v) is 9.78. The Labute approximate surface area is 98.2 Å². The summed E-state index contributed by atoms with van der Waals surface area (Å²) in [6, 6.07) is 5.72. The van der Waals surface area contributed by atoms with Gasteiger partial charge in [0.25, 0.3) is 0 Å². The maximum absolute atomic E-state index is 11.1. The quantitative estimate of drug-likeness (QED) is 0.760. The first-order chi connectivity index (χ1) is 7.79. The second-order valence-corrected chi connectivity index (χ2v) is 4.48. The van der Waals surface area contributed by atoms with Crippen LogP contribution in [0.3, 0.4) is 0 Å². The summed E-state index contributed by atoms with van der Waals surface area (Å²) in [4.78, 5) is 19.6. The van der Waals surface area contributed by atoms with Crippen LogP contribution in [-0.2, 0) is 11.2 Å². The third kappa shape index (κ3) is 2.52.